The number of nitrogens with zero attached hydrogens (tertiary/aromatic N) is 2. The van der Waals surface area contributed by atoms with E-state index in [1.54, 1.807) is 13.8 Å². The summed E-state index contributed by atoms with van der Waals surface area (Å²) in [5.74, 6) is -0.729. The Hall–Kier alpha value is -2.17. The largest absolute Gasteiger partial charge is 0.481 e. The lowest BCUT2D eigenvalue weighted by molar-refractivity contribution is -0.157. The van der Waals surface area contributed by atoms with Crippen molar-refractivity contribution < 1.29 is 32.0 Å². The molecule has 0 aliphatic carbocycles. The zero-order valence-electron chi connectivity index (χ0n) is 15.0. The van der Waals surface area contributed by atoms with E-state index < -0.39 is 21.4 Å². The first-order chi connectivity index (χ1) is 12.8. The molecule has 0 aromatic carbocycles. The van der Waals surface area contributed by atoms with Crippen molar-refractivity contribution in [1.29, 1.82) is 0 Å². The van der Waals surface area contributed by atoms with Gasteiger partial charge in [0.15, 0.2) is 5.76 Å². The summed E-state index contributed by atoms with van der Waals surface area (Å²) in [6.45, 7) is 4.13. The van der Waals surface area contributed by atoms with Crippen LogP contribution >= 0.6 is 0 Å². The number of carboxylic acids is 1. The van der Waals surface area contributed by atoms with E-state index in [2.05, 4.69) is 5.16 Å². The summed E-state index contributed by atoms with van der Waals surface area (Å²) < 4.78 is 43.4. The third-order valence-corrected chi connectivity index (χ3v) is 7.34. The van der Waals surface area contributed by atoms with Crippen molar-refractivity contribution in [2.75, 3.05) is 26.3 Å². The molecule has 2 saturated heterocycles. The fourth-order valence-electron chi connectivity index (χ4n) is 3.79. The van der Waals surface area contributed by atoms with Crippen LogP contribution in [0, 0.1) is 25.2 Å². The van der Waals surface area contributed by atoms with Crippen molar-refractivity contribution in [1.82, 2.24) is 9.46 Å². The molecule has 2 aliphatic heterocycles. The molecular formula is C17H20N2O7S. The van der Waals surface area contributed by atoms with E-state index in [4.69, 9.17) is 13.7 Å². The molecule has 9 nitrogen and oxygen atoms in total. The molecule has 1 N–H and O–H groups in total. The molecule has 0 amide bonds. The smallest absolute Gasteiger partial charge is 0.311 e. The van der Waals surface area contributed by atoms with Crippen molar-refractivity contribution in [2.24, 2.45) is 11.3 Å². The highest BCUT2D eigenvalue weighted by Crippen LogP contribution is 2.44. The van der Waals surface area contributed by atoms with Crippen molar-refractivity contribution in [3.8, 4) is 11.5 Å². The fourth-order valence-corrected chi connectivity index (χ4v) is 5.26. The predicted molar refractivity (Wildman–Crippen MR) is 91.4 cm³/mol. The molecular weight excluding hydrogens is 376 g/mol. The summed E-state index contributed by atoms with van der Waals surface area (Å²) in [6.07, 6.45) is 0.291. The molecule has 4 rings (SSSR count). The molecule has 4 heterocycles. The molecule has 2 aromatic rings. The summed E-state index contributed by atoms with van der Waals surface area (Å²) >= 11 is 0. The Kier molecular flexibility index (Phi) is 4.17. The Balaban J connectivity index is 1.65. The Morgan fingerprint density at radius 1 is 1.37 bits per heavy atom. The average molecular weight is 396 g/mol. The number of aliphatic carboxylic acids is 1. The van der Waals surface area contributed by atoms with Gasteiger partial charge in [0.25, 0.3) is 10.0 Å². The number of furan rings is 1. The molecule has 0 radical (unpaired) electrons. The lowest BCUT2D eigenvalue weighted by atomic mass is 9.74. The minimum atomic E-state index is -3.98. The maximum atomic E-state index is 13.0. The number of carbonyl (C=O) groups is 1. The van der Waals surface area contributed by atoms with Gasteiger partial charge in [-0.05, 0) is 32.4 Å². The minimum Gasteiger partial charge on any atom is -0.481 e. The van der Waals surface area contributed by atoms with E-state index in [1.807, 2.05) is 0 Å². The Morgan fingerprint density at radius 2 is 2.15 bits per heavy atom. The number of aromatic nitrogens is 1. The molecule has 2 aliphatic rings. The van der Waals surface area contributed by atoms with Crippen LogP contribution in [-0.2, 0) is 19.6 Å². The lowest BCUT2D eigenvalue weighted by Gasteiger charge is -2.34. The van der Waals surface area contributed by atoms with Crippen LogP contribution in [0.4, 0.5) is 0 Å². The maximum Gasteiger partial charge on any atom is 0.311 e. The highest BCUT2D eigenvalue weighted by Gasteiger charge is 2.56. The van der Waals surface area contributed by atoms with E-state index in [-0.39, 0.29) is 36.5 Å². The van der Waals surface area contributed by atoms with Gasteiger partial charge >= 0.3 is 5.97 Å². The number of fused-ring (bicyclic) bond motifs is 1. The molecule has 0 unspecified atom stereocenters. The normalized spacial score (nSPS) is 26.2. The zero-order chi connectivity index (χ0) is 19.4. The average Bonchev–Trinajstić information content (AvgIpc) is 3.33. The van der Waals surface area contributed by atoms with Gasteiger partial charge in [-0.15, -0.1) is 0 Å². The predicted octanol–water partition coefficient (Wildman–Crippen LogP) is 1.66. The van der Waals surface area contributed by atoms with E-state index in [1.165, 1.54) is 16.4 Å². The van der Waals surface area contributed by atoms with Crippen LogP contribution in [0.1, 0.15) is 17.7 Å². The minimum absolute atomic E-state index is 0.0881. The number of hydrogen-bond acceptors (Lipinski definition) is 7. The Morgan fingerprint density at radius 3 is 2.78 bits per heavy atom. The Bertz CT molecular complexity index is 993. The van der Waals surface area contributed by atoms with Crippen LogP contribution in [0.15, 0.2) is 26.2 Å². The summed E-state index contributed by atoms with van der Waals surface area (Å²) in [5.41, 5.74) is 0.347. The number of carboxylic acid groups (broad SMARTS) is 1. The quantitative estimate of drug-likeness (QED) is 0.828. The van der Waals surface area contributed by atoms with Crippen LogP contribution in [0.2, 0.25) is 0 Å². The van der Waals surface area contributed by atoms with Crippen molar-refractivity contribution in [3.05, 3.63) is 23.4 Å². The van der Waals surface area contributed by atoms with Gasteiger partial charge in [-0.25, -0.2) is 8.42 Å². The topological polar surface area (TPSA) is 123 Å². The van der Waals surface area contributed by atoms with Crippen molar-refractivity contribution in [2.45, 2.75) is 25.4 Å². The van der Waals surface area contributed by atoms with Crippen molar-refractivity contribution in [3.63, 3.8) is 0 Å². The summed E-state index contributed by atoms with van der Waals surface area (Å²) in [5, 5.41) is 13.3. The number of aryl methyl sites for hydroxylation is 1. The number of rotatable bonds is 4. The van der Waals surface area contributed by atoms with Crippen LogP contribution in [0.5, 0.6) is 0 Å². The van der Waals surface area contributed by atoms with Crippen LogP contribution in [-0.4, -0.2) is 55.3 Å². The second-order valence-corrected chi connectivity index (χ2v) is 8.99. The van der Waals surface area contributed by atoms with Crippen LogP contribution < -0.4 is 0 Å². The van der Waals surface area contributed by atoms with E-state index in [0.29, 0.717) is 24.5 Å². The summed E-state index contributed by atoms with van der Waals surface area (Å²) in [6, 6.07) is 2.87. The Labute approximate surface area is 155 Å². The zero-order valence-corrected chi connectivity index (χ0v) is 15.8. The van der Waals surface area contributed by atoms with E-state index >= 15 is 0 Å². The van der Waals surface area contributed by atoms with Crippen molar-refractivity contribution >= 4 is 16.0 Å². The highest BCUT2D eigenvalue weighted by molar-refractivity contribution is 7.89. The SMILES string of the molecule is Cc1noc(-c2ccc(S(=O)(=O)N3C[C@@H]4COCC[C@]4(C(=O)O)C3)o2)c1C. The molecule has 27 heavy (non-hydrogen) atoms. The van der Waals surface area contributed by atoms with Gasteiger partial charge in [0.2, 0.25) is 10.9 Å². The third kappa shape index (κ3) is 2.70. The molecule has 10 heteroatoms. The van der Waals surface area contributed by atoms with Crippen LogP contribution in [0.3, 0.4) is 0 Å². The first-order valence-corrected chi connectivity index (χ1v) is 10.0. The molecule has 0 saturated carbocycles. The van der Waals surface area contributed by atoms with E-state index in [9.17, 15) is 18.3 Å². The summed E-state index contributed by atoms with van der Waals surface area (Å²) in [7, 11) is -3.98. The standard InChI is InChI=1S/C17H20N2O7S/c1-10-11(2)18-26-15(10)13-3-4-14(25-13)27(22,23)19-7-12-8-24-6-5-17(12,9-19)16(20)21/h3-4,12H,5-9H2,1-2H3,(H,20,21)/t12-,17+/m1/s1. The van der Waals surface area contributed by atoms with Gasteiger partial charge in [0.1, 0.15) is 0 Å². The number of ether oxygens (including phenoxy) is 1. The molecule has 2 fully saturated rings. The molecule has 2 aromatic heterocycles. The van der Waals surface area contributed by atoms with Gasteiger partial charge in [0.05, 0.1) is 17.7 Å². The first-order valence-electron chi connectivity index (χ1n) is 8.60. The fraction of sp³-hybridized carbons (Fsp3) is 0.529. The second-order valence-electron chi connectivity index (χ2n) is 7.12. The van der Waals surface area contributed by atoms with Gasteiger partial charge in [-0.1, -0.05) is 5.16 Å². The summed E-state index contributed by atoms with van der Waals surface area (Å²) in [4.78, 5) is 11.9. The number of sulfonamides is 1. The molecule has 0 bridgehead atoms. The number of hydrogen-bond donors (Lipinski definition) is 1. The molecule has 146 valence electrons. The highest BCUT2D eigenvalue weighted by atomic mass is 32.2. The molecule has 0 spiro atoms. The molecule has 2 atom stereocenters. The van der Waals surface area contributed by atoms with Gasteiger partial charge in [0, 0.05) is 31.2 Å². The first kappa shape index (κ1) is 18.2. The second kappa shape index (κ2) is 6.18. The van der Waals surface area contributed by atoms with E-state index in [0.717, 1.165) is 5.56 Å². The monoisotopic (exact) mass is 396 g/mol. The van der Waals surface area contributed by atoms with Gasteiger partial charge < -0.3 is 18.8 Å². The van der Waals surface area contributed by atoms with Crippen LogP contribution in [0.25, 0.3) is 11.5 Å². The third-order valence-electron chi connectivity index (χ3n) is 5.66. The van der Waals surface area contributed by atoms with Gasteiger partial charge in [-0.2, -0.15) is 4.31 Å². The lowest BCUT2D eigenvalue weighted by Crippen LogP contribution is -2.45. The maximum absolute atomic E-state index is 13.0. The van der Waals surface area contributed by atoms with Gasteiger partial charge in [-0.3, -0.25) is 4.79 Å².